The summed E-state index contributed by atoms with van der Waals surface area (Å²) in [7, 11) is 3.46. The van der Waals surface area contributed by atoms with Gasteiger partial charge in [0.25, 0.3) is 5.91 Å². The van der Waals surface area contributed by atoms with Crippen molar-refractivity contribution in [1.29, 1.82) is 0 Å². The van der Waals surface area contributed by atoms with Crippen LogP contribution in [-0.2, 0) is 11.2 Å². The molecule has 3 rings (SSSR count). The van der Waals surface area contributed by atoms with Gasteiger partial charge in [-0.2, -0.15) is 0 Å². The molecule has 1 aromatic heterocycles. The van der Waals surface area contributed by atoms with Crippen molar-refractivity contribution < 1.29 is 19.0 Å². The number of rotatable bonds is 6. The maximum absolute atomic E-state index is 14.6. The van der Waals surface area contributed by atoms with Gasteiger partial charge in [-0.25, -0.2) is 9.37 Å². The predicted octanol–water partition coefficient (Wildman–Crippen LogP) is 2.74. The zero-order valence-corrected chi connectivity index (χ0v) is 18.6. The number of likely N-dealkylation sites (N-methyl/N-ethyl adjacent to an activating group) is 1. The molecule has 0 aliphatic carbocycles. The molecule has 0 radical (unpaired) electrons. The molecule has 0 unspecified atom stereocenters. The lowest BCUT2D eigenvalue weighted by Crippen LogP contribution is -2.26. The van der Waals surface area contributed by atoms with Gasteiger partial charge < -0.3 is 20.5 Å². The van der Waals surface area contributed by atoms with E-state index in [1.54, 1.807) is 25.3 Å². The monoisotopic (exact) mass is 437 g/mol. The van der Waals surface area contributed by atoms with Crippen molar-refractivity contribution >= 4 is 5.91 Å². The van der Waals surface area contributed by atoms with Crippen LogP contribution >= 0.6 is 0 Å². The Kier molecular flexibility index (Phi) is 6.97. The van der Waals surface area contributed by atoms with Crippen LogP contribution in [0.25, 0.3) is 11.3 Å². The number of carbonyl (C=O) groups excluding carboxylic acids is 1. The highest BCUT2D eigenvalue weighted by atomic mass is 19.1. The van der Waals surface area contributed by atoms with Gasteiger partial charge in [0, 0.05) is 44.9 Å². The lowest BCUT2D eigenvalue weighted by Gasteiger charge is -2.19. The molecule has 0 saturated carbocycles. The van der Waals surface area contributed by atoms with Crippen LogP contribution in [0.2, 0.25) is 0 Å². The Morgan fingerprint density at radius 3 is 2.81 bits per heavy atom. The van der Waals surface area contributed by atoms with Gasteiger partial charge in [-0.3, -0.25) is 4.79 Å². The highest BCUT2D eigenvalue weighted by Crippen LogP contribution is 2.29. The van der Waals surface area contributed by atoms with Gasteiger partial charge in [0.1, 0.15) is 11.5 Å². The molecule has 32 heavy (non-hydrogen) atoms. The van der Waals surface area contributed by atoms with Crippen molar-refractivity contribution in [3.05, 3.63) is 65.2 Å². The van der Waals surface area contributed by atoms with Gasteiger partial charge in [0.2, 0.25) is 0 Å². The van der Waals surface area contributed by atoms with Crippen molar-refractivity contribution in [1.82, 2.24) is 9.88 Å². The number of nitrogens with two attached hydrogens (primary N) is 1. The van der Waals surface area contributed by atoms with Crippen LogP contribution in [0.15, 0.2) is 42.6 Å². The quantitative estimate of drug-likeness (QED) is 0.679. The van der Waals surface area contributed by atoms with E-state index in [-0.39, 0.29) is 22.9 Å². The highest BCUT2D eigenvalue weighted by molar-refractivity contribution is 5.93. The van der Waals surface area contributed by atoms with E-state index in [9.17, 15) is 14.3 Å². The van der Waals surface area contributed by atoms with Crippen LogP contribution in [-0.4, -0.2) is 53.8 Å². The fourth-order valence-electron chi connectivity index (χ4n) is 3.77. The molecule has 0 bridgehead atoms. The summed E-state index contributed by atoms with van der Waals surface area (Å²) in [5.41, 5.74) is 6.58. The van der Waals surface area contributed by atoms with E-state index in [4.69, 9.17) is 10.5 Å². The number of pyridine rings is 1. The zero-order valence-electron chi connectivity index (χ0n) is 18.6. The van der Waals surface area contributed by atoms with Crippen LogP contribution in [0, 0.1) is 23.6 Å². The molecular formula is C25H28FN3O3. The molecule has 1 aliphatic heterocycles. The molecule has 1 aromatic carbocycles. The van der Waals surface area contributed by atoms with E-state index in [0.29, 0.717) is 42.8 Å². The number of hydrogen-bond acceptors (Lipinski definition) is 5. The van der Waals surface area contributed by atoms with E-state index in [1.165, 1.54) is 12.1 Å². The summed E-state index contributed by atoms with van der Waals surface area (Å²) < 4.78 is 19.8. The topological polar surface area (TPSA) is 88.7 Å². The van der Waals surface area contributed by atoms with Gasteiger partial charge in [-0.05, 0) is 42.2 Å². The Bertz CT molecular complexity index is 1110. The van der Waals surface area contributed by atoms with Crippen molar-refractivity contribution in [2.45, 2.75) is 25.4 Å². The number of halogens is 1. The van der Waals surface area contributed by atoms with E-state index in [2.05, 4.69) is 23.4 Å². The molecule has 1 aliphatic rings. The molecular weight excluding hydrogens is 409 g/mol. The number of methoxy groups -OCH3 is 1. The number of hydrogen-bond donors (Lipinski definition) is 2. The summed E-state index contributed by atoms with van der Waals surface area (Å²) >= 11 is 0. The molecule has 1 amide bonds. The maximum atomic E-state index is 14.6. The lowest BCUT2D eigenvalue weighted by atomic mass is 9.98. The summed E-state index contributed by atoms with van der Waals surface area (Å²) in [5, 5.41) is 10.7. The SMILES string of the molecule is C=C1N(C)CC[C@@]1(O)C#Cc1ccc(F)c(-c2ccc(C[C@H](C)COC)c(C(N)=O)n2)c1. The summed E-state index contributed by atoms with van der Waals surface area (Å²) in [6.07, 6.45) is 1.01. The van der Waals surface area contributed by atoms with Crippen LogP contribution in [0.1, 0.15) is 35.0 Å². The summed E-state index contributed by atoms with van der Waals surface area (Å²) in [5.74, 6) is 4.77. The Labute approximate surface area is 187 Å². The molecule has 168 valence electrons. The molecule has 1 saturated heterocycles. The van der Waals surface area contributed by atoms with Crippen molar-refractivity contribution in [2.75, 3.05) is 27.3 Å². The Hall–Kier alpha value is -3.21. The Balaban J connectivity index is 1.95. The van der Waals surface area contributed by atoms with Crippen molar-refractivity contribution in [3.63, 3.8) is 0 Å². The number of likely N-dealkylation sites (tertiary alicyclic amines) is 1. The zero-order chi connectivity index (χ0) is 23.5. The van der Waals surface area contributed by atoms with E-state index < -0.39 is 17.3 Å². The van der Waals surface area contributed by atoms with E-state index in [0.717, 1.165) is 0 Å². The molecule has 2 heterocycles. The normalized spacial score (nSPS) is 18.9. The Morgan fingerprint density at radius 2 is 2.19 bits per heavy atom. The van der Waals surface area contributed by atoms with Gasteiger partial charge >= 0.3 is 0 Å². The summed E-state index contributed by atoms with van der Waals surface area (Å²) in [6.45, 7) is 7.08. The molecule has 2 atom stereocenters. The first-order chi connectivity index (χ1) is 15.1. The number of aromatic nitrogens is 1. The third kappa shape index (κ3) is 4.98. The molecule has 7 heteroatoms. The molecule has 2 aromatic rings. The highest BCUT2D eigenvalue weighted by Gasteiger charge is 2.36. The van der Waals surface area contributed by atoms with Crippen LogP contribution in [0.3, 0.4) is 0 Å². The average molecular weight is 438 g/mol. The van der Waals surface area contributed by atoms with Crippen LogP contribution < -0.4 is 5.73 Å². The number of primary amides is 1. The number of benzene rings is 1. The standard InChI is InChI=1S/C25H28FN3O3/c1-16(15-32-4)13-19-6-8-22(28-23(19)24(27)30)20-14-18(5-7-21(20)26)9-10-25(31)11-12-29(3)17(25)2/h5-8,14,16,31H,2,11-13,15H2,1,3-4H3,(H2,27,30)/t16-,25-/m0/s1. The minimum Gasteiger partial charge on any atom is -0.384 e. The largest absolute Gasteiger partial charge is 0.384 e. The number of aliphatic hydroxyl groups is 1. The second-order valence-electron chi connectivity index (χ2n) is 8.26. The van der Waals surface area contributed by atoms with Gasteiger partial charge in [-0.15, -0.1) is 0 Å². The third-order valence-corrected chi connectivity index (χ3v) is 5.63. The smallest absolute Gasteiger partial charge is 0.267 e. The second kappa shape index (κ2) is 9.51. The van der Waals surface area contributed by atoms with Crippen molar-refractivity contribution in [3.8, 4) is 23.1 Å². The fraction of sp³-hybridized carbons (Fsp3) is 0.360. The maximum Gasteiger partial charge on any atom is 0.267 e. The summed E-state index contributed by atoms with van der Waals surface area (Å²) in [4.78, 5) is 18.2. The van der Waals surface area contributed by atoms with Crippen LogP contribution in [0.4, 0.5) is 4.39 Å². The third-order valence-electron chi connectivity index (χ3n) is 5.63. The molecule has 1 fully saturated rings. The van der Waals surface area contributed by atoms with Gasteiger partial charge in [-0.1, -0.05) is 31.4 Å². The first kappa shape index (κ1) is 23.5. The number of ether oxygens (including phenoxy) is 1. The van der Waals surface area contributed by atoms with Gasteiger partial charge in [0.15, 0.2) is 5.60 Å². The predicted molar refractivity (Wildman–Crippen MR) is 121 cm³/mol. The Morgan fingerprint density at radius 1 is 1.44 bits per heavy atom. The molecule has 6 nitrogen and oxygen atoms in total. The van der Waals surface area contributed by atoms with E-state index in [1.807, 2.05) is 18.9 Å². The lowest BCUT2D eigenvalue weighted by molar-refractivity contribution is 0.0993. The minimum atomic E-state index is -1.30. The number of carbonyl (C=O) groups is 1. The van der Waals surface area contributed by atoms with Gasteiger partial charge in [0.05, 0.1) is 11.4 Å². The van der Waals surface area contributed by atoms with Crippen molar-refractivity contribution in [2.24, 2.45) is 11.7 Å². The number of nitrogens with zero attached hydrogens (tertiary/aromatic N) is 2. The molecule has 3 N–H and O–H groups in total. The minimum absolute atomic E-state index is 0.112. The molecule has 0 spiro atoms. The number of amides is 1. The van der Waals surface area contributed by atoms with Crippen LogP contribution in [0.5, 0.6) is 0 Å². The first-order valence-corrected chi connectivity index (χ1v) is 10.4. The van der Waals surface area contributed by atoms with E-state index >= 15 is 0 Å². The average Bonchev–Trinajstić information content (AvgIpc) is 3.01. The second-order valence-corrected chi connectivity index (χ2v) is 8.26. The fourth-order valence-corrected chi connectivity index (χ4v) is 3.77. The summed E-state index contributed by atoms with van der Waals surface area (Å²) in [6, 6.07) is 7.78. The first-order valence-electron chi connectivity index (χ1n) is 10.4.